The molecule has 0 bridgehead atoms. The summed E-state index contributed by atoms with van der Waals surface area (Å²) in [6.07, 6.45) is 0. The molecular weight excluding hydrogens is 138 g/mol. The van der Waals surface area contributed by atoms with Crippen LogP contribution in [0.1, 0.15) is 0 Å². The minimum absolute atomic E-state index is 0. The molecule has 0 spiro atoms. The fourth-order valence-electron chi connectivity index (χ4n) is 0.415. The highest BCUT2D eigenvalue weighted by Crippen LogP contribution is 2.03. The monoisotopic (exact) mass is 147 g/mol. The number of hydrogen-bond acceptors (Lipinski definition) is 1. The summed E-state index contributed by atoms with van der Waals surface area (Å²) in [5.74, 6) is 0. The van der Waals surface area contributed by atoms with Crippen LogP contribution in [-0.4, -0.2) is 5.48 Å². The van der Waals surface area contributed by atoms with Gasteiger partial charge in [0, 0.05) is 5.02 Å². The van der Waals surface area contributed by atoms with E-state index in [4.69, 9.17) is 11.6 Å². The fraction of sp³-hybridized carbons (Fsp3) is 0. The smallest absolute Gasteiger partial charge is 0.0405 e. The van der Waals surface area contributed by atoms with Crippen molar-refractivity contribution in [2.45, 2.75) is 0 Å². The number of hydrogen-bond donors (Lipinski definition) is 1. The van der Waals surface area contributed by atoms with Gasteiger partial charge in [0.25, 0.3) is 0 Å². The fourth-order valence-corrected chi connectivity index (χ4v) is 0.560. The summed E-state index contributed by atoms with van der Waals surface area (Å²) in [6.45, 7) is 0. The lowest BCUT2D eigenvalue weighted by atomic mass is 10.4. The van der Waals surface area contributed by atoms with Gasteiger partial charge >= 0.3 is 0 Å². The molecule has 0 unspecified atom stereocenters. The first kappa shape index (κ1) is 11.3. The topological polar surface area (TPSA) is 66.5 Å². The average molecular weight is 148 g/mol. The number of benzene rings is 1. The maximum absolute atomic E-state index is 5.54. The molecule has 52 valence electrons. The molecule has 0 aliphatic carbocycles. The van der Waals surface area contributed by atoms with Crippen LogP contribution >= 0.6 is 11.6 Å². The minimum Gasteiger partial charge on any atom is -0.412 e. The lowest BCUT2D eigenvalue weighted by molar-refractivity contribution is 0.824. The Morgan fingerprint density at radius 1 is 1.00 bits per heavy atom. The van der Waals surface area contributed by atoms with Gasteiger partial charge in [-0.2, -0.15) is 0 Å². The van der Waals surface area contributed by atoms with Crippen LogP contribution in [0.3, 0.4) is 0 Å². The highest BCUT2D eigenvalue weighted by atomic mass is 35.5. The summed E-state index contributed by atoms with van der Waals surface area (Å²) >= 11 is 5.54. The van der Waals surface area contributed by atoms with E-state index in [1.54, 1.807) is 0 Å². The van der Waals surface area contributed by atoms with Crippen molar-refractivity contribution in [1.29, 1.82) is 0 Å². The van der Waals surface area contributed by atoms with Crippen LogP contribution in [0.2, 0.25) is 5.02 Å². The standard InChI is InChI=1S/C6H5Cl.H3N.H2O/c7-6-4-2-1-3-5-6;;/h1-5H;1H3;1H2. The largest absolute Gasteiger partial charge is 0.412 e. The number of rotatable bonds is 0. The van der Waals surface area contributed by atoms with Crippen LogP contribution < -0.4 is 6.15 Å². The summed E-state index contributed by atoms with van der Waals surface area (Å²) in [7, 11) is 0. The van der Waals surface area contributed by atoms with Gasteiger partial charge in [-0.25, -0.2) is 0 Å². The van der Waals surface area contributed by atoms with Crippen molar-refractivity contribution in [3.05, 3.63) is 35.4 Å². The van der Waals surface area contributed by atoms with E-state index in [9.17, 15) is 0 Å². The molecule has 0 aliphatic rings. The van der Waals surface area contributed by atoms with Gasteiger partial charge in [0.15, 0.2) is 0 Å². The molecule has 9 heavy (non-hydrogen) atoms. The van der Waals surface area contributed by atoms with E-state index in [0.717, 1.165) is 5.02 Å². The molecule has 5 N–H and O–H groups in total. The molecule has 1 aromatic rings. The summed E-state index contributed by atoms with van der Waals surface area (Å²) in [5.41, 5.74) is 0. The van der Waals surface area contributed by atoms with Gasteiger partial charge in [0.05, 0.1) is 0 Å². The Hall–Kier alpha value is -0.570. The predicted octanol–water partition coefficient (Wildman–Crippen LogP) is 1.68. The molecule has 1 rings (SSSR count). The van der Waals surface area contributed by atoms with Gasteiger partial charge in [0.1, 0.15) is 0 Å². The van der Waals surface area contributed by atoms with E-state index >= 15 is 0 Å². The van der Waals surface area contributed by atoms with Crippen LogP contribution in [0.15, 0.2) is 30.3 Å². The molecule has 0 radical (unpaired) electrons. The Kier molecular flexibility index (Phi) is 6.96. The average Bonchev–Trinajstić information content (AvgIpc) is 1.69. The van der Waals surface area contributed by atoms with Crippen LogP contribution in [-0.2, 0) is 0 Å². The van der Waals surface area contributed by atoms with Crippen molar-refractivity contribution in [2.24, 2.45) is 0 Å². The Morgan fingerprint density at radius 2 is 1.44 bits per heavy atom. The lowest BCUT2D eigenvalue weighted by Gasteiger charge is -1.80. The molecule has 0 atom stereocenters. The summed E-state index contributed by atoms with van der Waals surface area (Å²) in [6, 6.07) is 9.44. The highest BCUT2D eigenvalue weighted by molar-refractivity contribution is 6.30. The second-order valence-electron chi connectivity index (χ2n) is 1.30. The maximum atomic E-state index is 5.54. The van der Waals surface area contributed by atoms with Gasteiger partial charge in [-0.3, -0.25) is 0 Å². The maximum Gasteiger partial charge on any atom is 0.0405 e. The molecule has 3 heteroatoms. The summed E-state index contributed by atoms with van der Waals surface area (Å²) in [5, 5.41) is 0.794. The summed E-state index contributed by atoms with van der Waals surface area (Å²) < 4.78 is 0. The zero-order valence-corrected chi connectivity index (χ0v) is 5.73. The van der Waals surface area contributed by atoms with Crippen molar-refractivity contribution in [3.8, 4) is 0 Å². The predicted molar refractivity (Wildman–Crippen MR) is 40.1 cm³/mol. The molecule has 0 heterocycles. The first-order chi connectivity index (χ1) is 3.39. The van der Waals surface area contributed by atoms with Crippen molar-refractivity contribution in [3.63, 3.8) is 0 Å². The molecule has 1 aromatic carbocycles. The van der Waals surface area contributed by atoms with Crippen LogP contribution in [0.5, 0.6) is 0 Å². The quantitative estimate of drug-likeness (QED) is 0.596. The van der Waals surface area contributed by atoms with E-state index in [0.29, 0.717) is 0 Å². The lowest BCUT2D eigenvalue weighted by Crippen LogP contribution is -1.55. The third kappa shape index (κ3) is 3.97. The minimum atomic E-state index is 0. The van der Waals surface area contributed by atoms with Gasteiger partial charge < -0.3 is 11.6 Å². The second kappa shape index (κ2) is 5.56. The van der Waals surface area contributed by atoms with E-state index in [2.05, 4.69) is 0 Å². The third-order valence-corrected chi connectivity index (χ3v) is 0.985. The van der Waals surface area contributed by atoms with Crippen molar-refractivity contribution in [1.82, 2.24) is 6.15 Å². The molecule has 0 aliphatic heterocycles. The van der Waals surface area contributed by atoms with E-state index < -0.39 is 0 Å². The van der Waals surface area contributed by atoms with Crippen molar-refractivity contribution >= 4 is 11.6 Å². The van der Waals surface area contributed by atoms with Crippen molar-refractivity contribution < 1.29 is 5.48 Å². The molecule has 0 aromatic heterocycles. The zero-order valence-electron chi connectivity index (χ0n) is 4.97. The Labute approximate surface area is 59.4 Å². The second-order valence-corrected chi connectivity index (χ2v) is 1.73. The Morgan fingerprint density at radius 3 is 1.67 bits per heavy atom. The normalized spacial score (nSPS) is 6.78. The first-order valence-electron chi connectivity index (χ1n) is 2.10. The van der Waals surface area contributed by atoms with Crippen LogP contribution in [0.4, 0.5) is 0 Å². The molecule has 0 amide bonds. The first-order valence-corrected chi connectivity index (χ1v) is 2.48. The SMILES string of the molecule is Clc1ccccc1.N.O. The molecule has 0 saturated carbocycles. The van der Waals surface area contributed by atoms with Crippen LogP contribution in [0, 0.1) is 0 Å². The molecule has 0 saturated heterocycles. The molecular formula is C6H10ClNO. The van der Waals surface area contributed by atoms with Crippen molar-refractivity contribution in [2.75, 3.05) is 0 Å². The number of halogens is 1. The van der Waals surface area contributed by atoms with E-state index in [1.165, 1.54) is 0 Å². The third-order valence-electron chi connectivity index (χ3n) is 0.733. The van der Waals surface area contributed by atoms with E-state index in [1.807, 2.05) is 30.3 Å². The van der Waals surface area contributed by atoms with Gasteiger partial charge in [0.2, 0.25) is 0 Å². The highest BCUT2D eigenvalue weighted by Gasteiger charge is 1.74. The van der Waals surface area contributed by atoms with Gasteiger partial charge in [-0.05, 0) is 12.1 Å². The zero-order chi connectivity index (χ0) is 5.11. The summed E-state index contributed by atoms with van der Waals surface area (Å²) in [4.78, 5) is 0. The molecule has 0 fully saturated rings. The Bertz CT molecular complexity index is 143. The Balaban J connectivity index is 0. The molecule has 2 nitrogen and oxygen atoms in total. The van der Waals surface area contributed by atoms with E-state index in [-0.39, 0.29) is 11.6 Å². The van der Waals surface area contributed by atoms with Gasteiger partial charge in [-0.15, -0.1) is 0 Å². The van der Waals surface area contributed by atoms with Gasteiger partial charge in [-0.1, -0.05) is 29.8 Å². The van der Waals surface area contributed by atoms with Crippen LogP contribution in [0.25, 0.3) is 0 Å².